The van der Waals surface area contributed by atoms with Crippen LogP contribution in [0.15, 0.2) is 23.0 Å². The van der Waals surface area contributed by atoms with Crippen LogP contribution < -0.4 is 0 Å². The van der Waals surface area contributed by atoms with Crippen LogP contribution in [0.2, 0.25) is 0 Å². The first-order valence-corrected chi connectivity index (χ1v) is 5.48. The third-order valence-corrected chi connectivity index (χ3v) is 3.03. The van der Waals surface area contributed by atoms with Gasteiger partial charge in [-0.3, -0.25) is 0 Å². The van der Waals surface area contributed by atoms with Gasteiger partial charge in [0.05, 0.1) is 0 Å². The smallest absolute Gasteiger partial charge is 0.00840 e. The quantitative estimate of drug-likeness (QED) is 0.608. The van der Waals surface area contributed by atoms with Gasteiger partial charge in [-0.25, -0.2) is 0 Å². The van der Waals surface area contributed by atoms with Crippen molar-refractivity contribution >= 4 is 11.8 Å². The molecule has 0 aromatic carbocycles. The molecule has 1 heteroatoms. The fraction of sp³-hybridized carbons (Fsp3) is 0.636. The molecule has 1 unspecified atom stereocenters. The summed E-state index contributed by atoms with van der Waals surface area (Å²) in [7, 11) is 0. The summed E-state index contributed by atoms with van der Waals surface area (Å²) in [6, 6.07) is 0. The average molecular weight is 184 g/mol. The number of rotatable bonds is 5. The Bertz CT molecular complexity index is 156. The summed E-state index contributed by atoms with van der Waals surface area (Å²) >= 11 is 1.76. The number of hydrogen-bond donors (Lipinski definition) is 0. The van der Waals surface area contributed by atoms with E-state index in [-0.39, 0.29) is 0 Å². The molecule has 0 spiro atoms. The van der Waals surface area contributed by atoms with E-state index in [1.807, 2.05) is 6.92 Å². The van der Waals surface area contributed by atoms with E-state index in [1.165, 1.54) is 11.3 Å². The van der Waals surface area contributed by atoms with Gasteiger partial charge in [-0.05, 0) is 35.5 Å². The standard InChI is InChI=1S/C11H20S/c1-6-8-12-10(5)11(7-2)9(3)4/h6,8-9,11H,5,7H2,1-4H3/b8-6-. The average Bonchev–Trinajstić information content (AvgIpc) is 2.01. The van der Waals surface area contributed by atoms with Gasteiger partial charge in [0.15, 0.2) is 0 Å². The molecule has 0 aliphatic carbocycles. The lowest BCUT2D eigenvalue weighted by Crippen LogP contribution is -2.07. The first-order chi connectivity index (χ1) is 5.63. The summed E-state index contributed by atoms with van der Waals surface area (Å²) < 4.78 is 0. The zero-order chi connectivity index (χ0) is 9.56. The van der Waals surface area contributed by atoms with Gasteiger partial charge in [0.1, 0.15) is 0 Å². The molecule has 0 rings (SSSR count). The van der Waals surface area contributed by atoms with Gasteiger partial charge in [-0.2, -0.15) is 0 Å². The van der Waals surface area contributed by atoms with E-state index in [4.69, 9.17) is 0 Å². The maximum Gasteiger partial charge on any atom is -0.00840 e. The molecule has 0 nitrogen and oxygen atoms in total. The lowest BCUT2D eigenvalue weighted by Gasteiger charge is -2.19. The van der Waals surface area contributed by atoms with Crippen molar-refractivity contribution in [3.8, 4) is 0 Å². The SMILES string of the molecule is C=C(S/C=C\C)C(CC)C(C)C. The van der Waals surface area contributed by atoms with Crippen molar-refractivity contribution in [3.05, 3.63) is 23.0 Å². The van der Waals surface area contributed by atoms with Crippen LogP contribution in [0.1, 0.15) is 34.1 Å². The highest BCUT2D eigenvalue weighted by molar-refractivity contribution is 8.05. The fourth-order valence-electron chi connectivity index (χ4n) is 1.31. The van der Waals surface area contributed by atoms with Crippen molar-refractivity contribution in [2.24, 2.45) is 11.8 Å². The minimum absolute atomic E-state index is 0.659. The molecule has 0 N–H and O–H groups in total. The number of thioether (sulfide) groups is 1. The van der Waals surface area contributed by atoms with Crippen molar-refractivity contribution in [1.29, 1.82) is 0 Å². The van der Waals surface area contributed by atoms with Crippen LogP contribution in [-0.2, 0) is 0 Å². The van der Waals surface area contributed by atoms with Gasteiger partial charge >= 0.3 is 0 Å². The van der Waals surface area contributed by atoms with Gasteiger partial charge < -0.3 is 0 Å². The molecule has 0 saturated heterocycles. The molecule has 0 saturated carbocycles. The Labute approximate surface area is 81.1 Å². The Morgan fingerprint density at radius 3 is 2.42 bits per heavy atom. The molecular formula is C11H20S. The third kappa shape index (κ3) is 4.01. The van der Waals surface area contributed by atoms with Crippen LogP contribution in [0.25, 0.3) is 0 Å². The van der Waals surface area contributed by atoms with E-state index >= 15 is 0 Å². The topological polar surface area (TPSA) is 0 Å². The zero-order valence-electron chi connectivity index (χ0n) is 8.63. The summed E-state index contributed by atoms with van der Waals surface area (Å²) in [5.41, 5.74) is 0. The molecule has 0 aliphatic rings. The van der Waals surface area contributed by atoms with Crippen LogP contribution in [0.3, 0.4) is 0 Å². The largest absolute Gasteiger partial charge is 0.103 e. The predicted molar refractivity (Wildman–Crippen MR) is 60.2 cm³/mol. The van der Waals surface area contributed by atoms with E-state index in [0.29, 0.717) is 11.8 Å². The second-order valence-electron chi connectivity index (χ2n) is 3.31. The van der Waals surface area contributed by atoms with Crippen LogP contribution >= 0.6 is 11.8 Å². The highest BCUT2D eigenvalue weighted by atomic mass is 32.2. The minimum Gasteiger partial charge on any atom is -0.103 e. The summed E-state index contributed by atoms with van der Waals surface area (Å²) in [6.07, 6.45) is 3.25. The van der Waals surface area contributed by atoms with Crippen molar-refractivity contribution in [2.45, 2.75) is 34.1 Å². The molecule has 0 fully saturated rings. The first kappa shape index (κ1) is 11.8. The highest BCUT2D eigenvalue weighted by Crippen LogP contribution is 2.31. The van der Waals surface area contributed by atoms with Gasteiger partial charge in [0.2, 0.25) is 0 Å². The van der Waals surface area contributed by atoms with Crippen LogP contribution in [0.4, 0.5) is 0 Å². The maximum atomic E-state index is 4.10. The monoisotopic (exact) mass is 184 g/mol. The summed E-state index contributed by atoms with van der Waals surface area (Å²) in [4.78, 5) is 1.30. The minimum atomic E-state index is 0.659. The lowest BCUT2D eigenvalue weighted by molar-refractivity contribution is 0.448. The van der Waals surface area contributed by atoms with E-state index < -0.39 is 0 Å². The van der Waals surface area contributed by atoms with E-state index in [1.54, 1.807) is 11.8 Å². The van der Waals surface area contributed by atoms with Crippen molar-refractivity contribution < 1.29 is 0 Å². The van der Waals surface area contributed by atoms with Crippen molar-refractivity contribution in [3.63, 3.8) is 0 Å². The molecule has 0 amide bonds. The highest BCUT2D eigenvalue weighted by Gasteiger charge is 2.13. The normalized spacial score (nSPS) is 14.1. The Balaban J connectivity index is 4.03. The molecule has 12 heavy (non-hydrogen) atoms. The zero-order valence-corrected chi connectivity index (χ0v) is 9.45. The lowest BCUT2D eigenvalue weighted by atomic mass is 9.93. The molecule has 0 heterocycles. The van der Waals surface area contributed by atoms with E-state index in [0.717, 1.165) is 0 Å². The Kier molecular flexibility index (Phi) is 6.27. The summed E-state index contributed by atoms with van der Waals surface area (Å²) in [5, 5.41) is 2.10. The van der Waals surface area contributed by atoms with Crippen molar-refractivity contribution in [2.75, 3.05) is 0 Å². The number of allylic oxidation sites excluding steroid dienone is 2. The fourth-order valence-corrected chi connectivity index (χ4v) is 2.24. The third-order valence-electron chi connectivity index (χ3n) is 2.01. The Morgan fingerprint density at radius 2 is 2.08 bits per heavy atom. The van der Waals surface area contributed by atoms with E-state index in [2.05, 4.69) is 38.8 Å². The van der Waals surface area contributed by atoms with Crippen LogP contribution in [0, 0.1) is 11.8 Å². The molecule has 1 atom stereocenters. The Morgan fingerprint density at radius 1 is 1.50 bits per heavy atom. The summed E-state index contributed by atoms with van der Waals surface area (Å²) in [6.45, 7) is 12.9. The van der Waals surface area contributed by atoms with Gasteiger partial charge in [-0.15, -0.1) is 11.8 Å². The second-order valence-corrected chi connectivity index (χ2v) is 4.34. The maximum absolute atomic E-state index is 4.10. The Hall–Kier alpha value is -0.170. The predicted octanol–water partition coefficient (Wildman–Crippen LogP) is 4.45. The molecule has 0 aliphatic heterocycles. The first-order valence-electron chi connectivity index (χ1n) is 4.60. The van der Waals surface area contributed by atoms with Gasteiger partial charge in [-0.1, -0.05) is 33.4 Å². The molecule has 0 radical (unpaired) electrons. The molecular weight excluding hydrogens is 164 g/mol. The van der Waals surface area contributed by atoms with Crippen LogP contribution in [0.5, 0.6) is 0 Å². The van der Waals surface area contributed by atoms with Gasteiger partial charge in [0.25, 0.3) is 0 Å². The molecule has 0 bridgehead atoms. The van der Waals surface area contributed by atoms with E-state index in [9.17, 15) is 0 Å². The van der Waals surface area contributed by atoms with Crippen molar-refractivity contribution in [1.82, 2.24) is 0 Å². The summed E-state index contributed by atoms with van der Waals surface area (Å²) in [5.74, 6) is 1.37. The molecule has 0 aromatic rings. The molecule has 0 aromatic heterocycles. The molecule has 70 valence electrons. The number of hydrogen-bond acceptors (Lipinski definition) is 1. The van der Waals surface area contributed by atoms with Gasteiger partial charge in [0, 0.05) is 0 Å². The van der Waals surface area contributed by atoms with Crippen LogP contribution in [-0.4, -0.2) is 0 Å². The second kappa shape index (κ2) is 6.36.